The minimum absolute atomic E-state index is 0.583. The van der Waals surface area contributed by atoms with Crippen molar-refractivity contribution in [3.05, 3.63) is 70.3 Å². The van der Waals surface area contributed by atoms with Gasteiger partial charge >= 0.3 is 0 Å². The number of aromatic nitrogens is 1. The zero-order chi connectivity index (χ0) is 13.9. The molecule has 0 unspecified atom stereocenters. The molecule has 0 saturated heterocycles. The summed E-state index contributed by atoms with van der Waals surface area (Å²) in [6.07, 6.45) is 3.51. The molecule has 0 saturated carbocycles. The van der Waals surface area contributed by atoms with Crippen LogP contribution in [0.3, 0.4) is 0 Å². The van der Waals surface area contributed by atoms with Crippen molar-refractivity contribution >= 4 is 46.0 Å². The third kappa shape index (κ3) is 2.67. The molecule has 2 nitrogen and oxygen atoms in total. The number of pyridine rings is 1. The van der Waals surface area contributed by atoms with Crippen LogP contribution in [0.2, 0.25) is 10.0 Å². The smallest absolute Gasteiger partial charge is 0.0723 e. The van der Waals surface area contributed by atoms with E-state index in [2.05, 4.69) is 9.98 Å². The van der Waals surface area contributed by atoms with Crippen molar-refractivity contribution < 1.29 is 0 Å². The van der Waals surface area contributed by atoms with E-state index in [1.54, 1.807) is 24.5 Å². The maximum Gasteiger partial charge on any atom is 0.0723 e. The first kappa shape index (κ1) is 13.1. The van der Waals surface area contributed by atoms with Gasteiger partial charge in [-0.25, -0.2) is 0 Å². The third-order valence-electron chi connectivity index (χ3n) is 2.93. The third-order valence-corrected chi connectivity index (χ3v) is 3.49. The summed E-state index contributed by atoms with van der Waals surface area (Å²) in [7, 11) is 0. The van der Waals surface area contributed by atoms with Crippen molar-refractivity contribution in [2.75, 3.05) is 0 Å². The van der Waals surface area contributed by atoms with Gasteiger partial charge in [0, 0.05) is 28.4 Å². The number of nitrogens with zero attached hydrogens (tertiary/aromatic N) is 2. The summed E-state index contributed by atoms with van der Waals surface area (Å²) in [5, 5.41) is 2.21. The molecular formula is C16H10Cl2N2. The second kappa shape index (κ2) is 5.61. The maximum absolute atomic E-state index is 6.13. The van der Waals surface area contributed by atoms with Crippen LogP contribution < -0.4 is 0 Å². The first-order valence-corrected chi connectivity index (χ1v) is 6.82. The first-order valence-electron chi connectivity index (χ1n) is 6.07. The predicted molar refractivity (Wildman–Crippen MR) is 85.5 cm³/mol. The van der Waals surface area contributed by atoms with Crippen molar-refractivity contribution in [2.45, 2.75) is 0 Å². The van der Waals surface area contributed by atoms with Crippen LogP contribution in [-0.2, 0) is 0 Å². The predicted octanol–water partition coefficient (Wildman–Crippen LogP) is 5.29. The molecule has 0 aliphatic carbocycles. The number of aliphatic imine (C=N–C) groups is 1. The van der Waals surface area contributed by atoms with E-state index in [1.165, 1.54) is 0 Å². The highest BCUT2D eigenvalue weighted by Crippen LogP contribution is 2.25. The topological polar surface area (TPSA) is 25.2 Å². The zero-order valence-corrected chi connectivity index (χ0v) is 11.9. The number of hydrogen-bond acceptors (Lipinski definition) is 2. The molecule has 3 aromatic rings. The van der Waals surface area contributed by atoms with Crippen LogP contribution in [0.4, 0.5) is 5.69 Å². The van der Waals surface area contributed by atoms with E-state index in [0.29, 0.717) is 10.0 Å². The normalized spacial score (nSPS) is 11.3. The highest BCUT2D eigenvalue weighted by atomic mass is 35.5. The van der Waals surface area contributed by atoms with Gasteiger partial charge in [0.15, 0.2) is 0 Å². The molecule has 0 bridgehead atoms. The molecule has 0 fully saturated rings. The molecular weight excluding hydrogens is 291 g/mol. The highest BCUT2D eigenvalue weighted by molar-refractivity contribution is 6.36. The number of rotatable bonds is 2. The van der Waals surface area contributed by atoms with Gasteiger partial charge in [0.1, 0.15) is 0 Å². The average molecular weight is 301 g/mol. The lowest BCUT2D eigenvalue weighted by Crippen LogP contribution is -1.83. The van der Waals surface area contributed by atoms with E-state index in [-0.39, 0.29) is 0 Å². The molecule has 0 atom stereocenters. The maximum atomic E-state index is 6.13. The Morgan fingerprint density at radius 1 is 1.00 bits per heavy atom. The fourth-order valence-electron chi connectivity index (χ4n) is 1.94. The highest BCUT2D eigenvalue weighted by Gasteiger charge is 2.01. The molecule has 3 rings (SSSR count). The largest absolute Gasteiger partial charge is 0.256 e. The van der Waals surface area contributed by atoms with Gasteiger partial charge < -0.3 is 0 Å². The van der Waals surface area contributed by atoms with Crippen molar-refractivity contribution in [3.8, 4) is 0 Å². The number of fused-ring (bicyclic) bond motifs is 1. The molecule has 0 aliphatic rings. The summed E-state index contributed by atoms with van der Waals surface area (Å²) < 4.78 is 0. The minimum Gasteiger partial charge on any atom is -0.256 e. The van der Waals surface area contributed by atoms with Crippen molar-refractivity contribution in [1.82, 2.24) is 4.98 Å². The Hall–Kier alpha value is -1.90. The fourth-order valence-corrected chi connectivity index (χ4v) is 2.40. The molecule has 4 heteroatoms. The monoisotopic (exact) mass is 300 g/mol. The van der Waals surface area contributed by atoms with E-state index in [9.17, 15) is 0 Å². The molecule has 0 aliphatic heterocycles. The second-order valence-corrected chi connectivity index (χ2v) is 5.11. The van der Waals surface area contributed by atoms with Gasteiger partial charge in [0.05, 0.1) is 16.2 Å². The lowest BCUT2D eigenvalue weighted by atomic mass is 10.2. The van der Waals surface area contributed by atoms with Crippen LogP contribution in [0.1, 0.15) is 5.56 Å². The quantitative estimate of drug-likeness (QED) is 0.590. The Morgan fingerprint density at radius 2 is 1.90 bits per heavy atom. The molecule has 2 aromatic carbocycles. The van der Waals surface area contributed by atoms with Crippen LogP contribution in [0, 0.1) is 0 Å². The van der Waals surface area contributed by atoms with Gasteiger partial charge in [-0.05, 0) is 36.4 Å². The Kier molecular flexibility index (Phi) is 3.68. The standard InChI is InChI=1S/C16H10Cl2N2/c17-12-7-6-11(14(18)9-12)10-20-16-5-1-4-15-13(16)3-2-8-19-15/h1-10H. The SMILES string of the molecule is Clc1ccc(C=Nc2cccc3ncccc23)c(Cl)c1. The van der Waals surface area contributed by atoms with Gasteiger partial charge in [-0.15, -0.1) is 0 Å². The van der Waals surface area contributed by atoms with Crippen LogP contribution in [0.5, 0.6) is 0 Å². The van der Waals surface area contributed by atoms with Gasteiger partial charge in [-0.2, -0.15) is 0 Å². The summed E-state index contributed by atoms with van der Waals surface area (Å²) in [5.74, 6) is 0. The van der Waals surface area contributed by atoms with Crippen LogP contribution in [0.15, 0.2) is 59.7 Å². The number of halogens is 2. The van der Waals surface area contributed by atoms with Crippen molar-refractivity contribution in [1.29, 1.82) is 0 Å². The van der Waals surface area contributed by atoms with Gasteiger partial charge in [-0.3, -0.25) is 9.98 Å². The lowest BCUT2D eigenvalue weighted by molar-refractivity contribution is 1.41. The van der Waals surface area contributed by atoms with E-state index in [4.69, 9.17) is 23.2 Å². The van der Waals surface area contributed by atoms with Crippen molar-refractivity contribution in [2.24, 2.45) is 4.99 Å². The van der Waals surface area contributed by atoms with E-state index in [1.807, 2.05) is 36.4 Å². The molecule has 98 valence electrons. The number of hydrogen-bond donors (Lipinski definition) is 0. The fraction of sp³-hybridized carbons (Fsp3) is 0. The molecule has 0 spiro atoms. The second-order valence-electron chi connectivity index (χ2n) is 4.27. The molecule has 0 N–H and O–H groups in total. The summed E-state index contributed by atoms with van der Waals surface area (Å²) in [4.78, 5) is 8.81. The Balaban J connectivity index is 2.02. The Labute approximate surface area is 126 Å². The van der Waals surface area contributed by atoms with Crippen LogP contribution in [0.25, 0.3) is 10.9 Å². The van der Waals surface area contributed by atoms with Gasteiger partial charge in [0.2, 0.25) is 0 Å². The summed E-state index contributed by atoms with van der Waals surface area (Å²) in [5.41, 5.74) is 2.61. The number of benzene rings is 2. The molecule has 1 heterocycles. The van der Waals surface area contributed by atoms with Crippen LogP contribution >= 0.6 is 23.2 Å². The lowest BCUT2D eigenvalue weighted by Gasteiger charge is -2.01. The van der Waals surface area contributed by atoms with E-state index in [0.717, 1.165) is 22.2 Å². The Bertz CT molecular complexity index is 792. The van der Waals surface area contributed by atoms with E-state index >= 15 is 0 Å². The Morgan fingerprint density at radius 3 is 2.75 bits per heavy atom. The van der Waals surface area contributed by atoms with Crippen molar-refractivity contribution in [3.63, 3.8) is 0 Å². The molecule has 0 amide bonds. The summed E-state index contributed by atoms with van der Waals surface area (Å²) in [6.45, 7) is 0. The molecule has 0 radical (unpaired) electrons. The van der Waals surface area contributed by atoms with E-state index < -0.39 is 0 Å². The average Bonchev–Trinajstić information content (AvgIpc) is 2.46. The molecule has 20 heavy (non-hydrogen) atoms. The van der Waals surface area contributed by atoms with Gasteiger partial charge in [-0.1, -0.05) is 35.3 Å². The summed E-state index contributed by atoms with van der Waals surface area (Å²) in [6, 6.07) is 15.1. The van der Waals surface area contributed by atoms with Crippen LogP contribution in [-0.4, -0.2) is 11.2 Å². The zero-order valence-electron chi connectivity index (χ0n) is 10.4. The minimum atomic E-state index is 0.583. The molecule has 1 aromatic heterocycles. The van der Waals surface area contributed by atoms with Gasteiger partial charge in [0.25, 0.3) is 0 Å². The first-order chi connectivity index (χ1) is 9.74. The summed E-state index contributed by atoms with van der Waals surface area (Å²) >= 11 is 12.0.